The molecule has 5 nitrogen and oxygen atoms in total. The molecule has 28 heavy (non-hydrogen) atoms. The molecular formula is C20H19ClFN3O2S. The average molecular weight is 420 g/mol. The topological polar surface area (TPSA) is 54.5 Å². The van der Waals surface area contributed by atoms with E-state index in [9.17, 15) is 9.18 Å². The van der Waals surface area contributed by atoms with Crippen molar-refractivity contribution in [3.05, 3.63) is 64.2 Å². The van der Waals surface area contributed by atoms with Crippen molar-refractivity contribution in [1.82, 2.24) is 9.88 Å². The summed E-state index contributed by atoms with van der Waals surface area (Å²) in [5, 5.41) is 4.82. The zero-order chi connectivity index (χ0) is 20.1. The molecule has 0 spiro atoms. The molecule has 0 saturated heterocycles. The Morgan fingerprint density at radius 2 is 2.04 bits per heavy atom. The summed E-state index contributed by atoms with van der Waals surface area (Å²) in [6.45, 7) is 1.33. The molecular weight excluding hydrogens is 401 g/mol. The van der Waals surface area contributed by atoms with Crippen LogP contribution in [0.5, 0.6) is 5.75 Å². The molecule has 0 aliphatic heterocycles. The lowest BCUT2D eigenvalue weighted by Crippen LogP contribution is -2.19. The number of thiazole rings is 1. The number of nitrogens with zero attached hydrogens (tertiary/aromatic N) is 2. The van der Waals surface area contributed by atoms with Gasteiger partial charge < -0.3 is 9.64 Å². The van der Waals surface area contributed by atoms with Crippen LogP contribution in [-0.2, 0) is 0 Å². The Balaban J connectivity index is 1.77. The fourth-order valence-corrected chi connectivity index (χ4v) is 3.43. The fourth-order valence-electron chi connectivity index (χ4n) is 2.47. The van der Waals surface area contributed by atoms with Gasteiger partial charge in [0, 0.05) is 17.5 Å². The third kappa shape index (κ3) is 4.86. The van der Waals surface area contributed by atoms with Gasteiger partial charge >= 0.3 is 0 Å². The Morgan fingerprint density at radius 1 is 1.25 bits per heavy atom. The minimum atomic E-state index is -0.679. The number of para-hydroxylation sites is 1. The predicted molar refractivity (Wildman–Crippen MR) is 111 cm³/mol. The van der Waals surface area contributed by atoms with E-state index < -0.39 is 11.7 Å². The van der Waals surface area contributed by atoms with Crippen LogP contribution < -0.4 is 10.1 Å². The van der Waals surface area contributed by atoms with Crippen molar-refractivity contribution in [3.8, 4) is 17.0 Å². The third-order valence-corrected chi connectivity index (χ3v) is 4.95. The first kappa shape index (κ1) is 20.3. The number of likely N-dealkylation sites (N-methyl/N-ethyl adjacent to an activating group) is 1. The number of amides is 1. The molecule has 0 bridgehead atoms. The highest BCUT2D eigenvalue weighted by atomic mass is 35.5. The van der Waals surface area contributed by atoms with E-state index in [1.165, 1.54) is 29.5 Å². The molecule has 8 heteroatoms. The summed E-state index contributed by atoms with van der Waals surface area (Å²) in [5.74, 6) is -0.606. The molecule has 3 rings (SSSR count). The summed E-state index contributed by atoms with van der Waals surface area (Å²) in [5.41, 5.74) is 1.29. The van der Waals surface area contributed by atoms with Gasteiger partial charge in [-0.1, -0.05) is 29.8 Å². The van der Waals surface area contributed by atoms with Crippen LogP contribution in [-0.4, -0.2) is 43.0 Å². The second-order valence-electron chi connectivity index (χ2n) is 6.24. The summed E-state index contributed by atoms with van der Waals surface area (Å²) < 4.78 is 19.8. The number of halogens is 2. The Morgan fingerprint density at radius 3 is 2.79 bits per heavy atom. The number of carbonyl (C=O) groups is 1. The van der Waals surface area contributed by atoms with Gasteiger partial charge in [-0.2, -0.15) is 0 Å². The van der Waals surface area contributed by atoms with Gasteiger partial charge in [0.1, 0.15) is 18.2 Å². The van der Waals surface area contributed by atoms with E-state index in [4.69, 9.17) is 16.3 Å². The molecule has 2 aromatic carbocycles. The number of hydrogen-bond acceptors (Lipinski definition) is 5. The number of anilines is 1. The lowest BCUT2D eigenvalue weighted by molar-refractivity contribution is 0.102. The van der Waals surface area contributed by atoms with Crippen LogP contribution in [0.3, 0.4) is 0 Å². The van der Waals surface area contributed by atoms with Crippen molar-refractivity contribution in [3.63, 3.8) is 0 Å². The van der Waals surface area contributed by atoms with Gasteiger partial charge in [-0.25, -0.2) is 9.37 Å². The van der Waals surface area contributed by atoms with Crippen LogP contribution in [0.15, 0.2) is 47.8 Å². The van der Waals surface area contributed by atoms with Crippen LogP contribution in [0.1, 0.15) is 10.4 Å². The Bertz CT molecular complexity index is 957. The second-order valence-corrected chi connectivity index (χ2v) is 7.50. The molecule has 0 fully saturated rings. The first-order chi connectivity index (χ1) is 13.5. The number of carbonyl (C=O) groups excluding carboxylic acids is 1. The zero-order valence-corrected chi connectivity index (χ0v) is 17.0. The number of nitrogens with one attached hydrogen (secondary N) is 1. The smallest absolute Gasteiger partial charge is 0.261 e. The largest absolute Gasteiger partial charge is 0.492 e. The third-order valence-electron chi connectivity index (χ3n) is 3.87. The van der Waals surface area contributed by atoms with Crippen molar-refractivity contribution in [2.45, 2.75) is 0 Å². The van der Waals surface area contributed by atoms with E-state index in [0.717, 1.165) is 12.1 Å². The van der Waals surface area contributed by atoms with E-state index in [1.807, 2.05) is 48.6 Å². The first-order valence-electron chi connectivity index (χ1n) is 8.53. The maximum absolute atomic E-state index is 13.9. The maximum Gasteiger partial charge on any atom is 0.261 e. The minimum absolute atomic E-state index is 0.0499. The Labute approximate surface area is 171 Å². The first-order valence-corrected chi connectivity index (χ1v) is 9.79. The molecule has 0 radical (unpaired) electrons. The average Bonchev–Trinajstić information content (AvgIpc) is 3.10. The summed E-state index contributed by atoms with van der Waals surface area (Å²) in [6, 6.07) is 11.7. The summed E-state index contributed by atoms with van der Waals surface area (Å²) >= 11 is 7.19. The molecule has 0 atom stereocenters. The molecule has 1 aromatic heterocycles. The number of benzene rings is 2. The highest BCUT2D eigenvalue weighted by Crippen LogP contribution is 2.32. The quantitative estimate of drug-likeness (QED) is 0.598. The van der Waals surface area contributed by atoms with Crippen molar-refractivity contribution < 1.29 is 13.9 Å². The van der Waals surface area contributed by atoms with E-state index in [2.05, 4.69) is 10.3 Å². The van der Waals surface area contributed by atoms with Crippen molar-refractivity contribution >= 4 is 34.0 Å². The molecule has 0 saturated carbocycles. The van der Waals surface area contributed by atoms with Gasteiger partial charge in [-0.3, -0.25) is 10.1 Å². The van der Waals surface area contributed by atoms with E-state index >= 15 is 0 Å². The lowest BCUT2D eigenvalue weighted by atomic mass is 10.1. The highest BCUT2D eigenvalue weighted by molar-refractivity contribution is 7.14. The summed E-state index contributed by atoms with van der Waals surface area (Å²) in [4.78, 5) is 18.8. The zero-order valence-electron chi connectivity index (χ0n) is 15.4. The number of aromatic nitrogens is 1. The fraction of sp³-hybridized carbons (Fsp3) is 0.200. The monoisotopic (exact) mass is 419 g/mol. The molecule has 0 unspecified atom stereocenters. The van der Waals surface area contributed by atoms with Gasteiger partial charge in [0.25, 0.3) is 5.91 Å². The maximum atomic E-state index is 13.9. The predicted octanol–water partition coefficient (Wildman–Crippen LogP) is 4.80. The molecule has 1 amide bonds. The highest BCUT2D eigenvalue weighted by Gasteiger charge is 2.18. The Hall–Kier alpha value is -2.48. The van der Waals surface area contributed by atoms with Gasteiger partial charge in [-0.15, -0.1) is 11.3 Å². The van der Waals surface area contributed by atoms with Crippen molar-refractivity contribution in [2.24, 2.45) is 0 Å². The number of ether oxygens (including phenoxy) is 1. The van der Waals surface area contributed by atoms with E-state index in [1.54, 1.807) is 0 Å². The van der Waals surface area contributed by atoms with Crippen molar-refractivity contribution in [1.29, 1.82) is 0 Å². The van der Waals surface area contributed by atoms with Crippen LogP contribution in [0.4, 0.5) is 9.52 Å². The van der Waals surface area contributed by atoms with Gasteiger partial charge in [0.15, 0.2) is 5.13 Å². The van der Waals surface area contributed by atoms with Crippen LogP contribution >= 0.6 is 22.9 Å². The molecule has 1 heterocycles. The summed E-state index contributed by atoms with van der Waals surface area (Å²) in [7, 11) is 3.96. The van der Waals surface area contributed by atoms with E-state index in [-0.39, 0.29) is 10.6 Å². The molecule has 3 aromatic rings. The SMILES string of the molecule is CN(C)CCOc1ccccc1-c1csc(NC(=O)c2c(F)cccc2Cl)n1. The standard InChI is InChI=1S/C20H19ClFN3O2S/c1-25(2)10-11-27-17-9-4-3-6-13(17)16-12-28-20(23-16)24-19(26)18-14(21)7-5-8-15(18)22/h3-9,12H,10-11H2,1-2H3,(H,23,24,26). The normalized spacial score (nSPS) is 10.9. The van der Waals surface area contributed by atoms with Crippen LogP contribution in [0.25, 0.3) is 11.3 Å². The van der Waals surface area contributed by atoms with Gasteiger partial charge in [0.2, 0.25) is 0 Å². The van der Waals surface area contributed by atoms with Crippen LogP contribution in [0, 0.1) is 5.82 Å². The van der Waals surface area contributed by atoms with Crippen molar-refractivity contribution in [2.75, 3.05) is 32.6 Å². The second kappa shape index (κ2) is 9.14. The van der Waals surface area contributed by atoms with Crippen LogP contribution in [0.2, 0.25) is 5.02 Å². The van der Waals surface area contributed by atoms with E-state index in [0.29, 0.717) is 23.2 Å². The number of hydrogen-bond donors (Lipinski definition) is 1. The molecule has 0 aliphatic carbocycles. The van der Waals surface area contributed by atoms with Gasteiger partial charge in [0.05, 0.1) is 16.3 Å². The van der Waals surface area contributed by atoms with Gasteiger partial charge in [-0.05, 0) is 38.4 Å². The minimum Gasteiger partial charge on any atom is -0.492 e. The lowest BCUT2D eigenvalue weighted by Gasteiger charge is -2.13. The number of rotatable bonds is 7. The Kier molecular flexibility index (Phi) is 6.61. The summed E-state index contributed by atoms with van der Waals surface area (Å²) in [6.07, 6.45) is 0. The molecule has 0 aliphatic rings. The molecule has 146 valence electrons. The molecule has 1 N–H and O–H groups in total.